The van der Waals surface area contributed by atoms with Gasteiger partial charge in [0.25, 0.3) is 0 Å². The van der Waals surface area contributed by atoms with Gasteiger partial charge in [0.2, 0.25) is 0 Å². The second-order valence-corrected chi connectivity index (χ2v) is 5.30. The Hall–Kier alpha value is -2.07. The van der Waals surface area contributed by atoms with Gasteiger partial charge in [0, 0.05) is 31.4 Å². The first-order valence-corrected chi connectivity index (χ1v) is 6.94. The fraction of sp³-hybridized carbons (Fsp3) is 0.294. The van der Waals surface area contributed by atoms with E-state index in [1.807, 2.05) is 31.0 Å². The van der Waals surface area contributed by atoms with E-state index < -0.39 is 5.82 Å². The van der Waals surface area contributed by atoms with E-state index in [2.05, 4.69) is 4.98 Å². The zero-order chi connectivity index (χ0) is 15.2. The summed E-state index contributed by atoms with van der Waals surface area (Å²) < 4.78 is 13.6. The summed E-state index contributed by atoms with van der Waals surface area (Å²) in [5.74, 6) is -0.876. The molecule has 2 rings (SSSR count). The number of Topliss-reactive ketones (excluding diaryl/α,β-unsaturated/α-hetero) is 1. The Morgan fingerprint density at radius 1 is 1.29 bits per heavy atom. The quantitative estimate of drug-likeness (QED) is 0.765. The largest absolute Gasteiger partial charge is 0.301 e. The number of carbonyl (C=O) groups is 1. The molecule has 110 valence electrons. The highest BCUT2D eigenvalue weighted by Gasteiger charge is 2.19. The van der Waals surface area contributed by atoms with Crippen molar-refractivity contribution in [2.75, 3.05) is 13.6 Å². The Bertz CT molecular complexity index is 601. The summed E-state index contributed by atoms with van der Waals surface area (Å²) in [6.07, 6.45) is 3.54. The van der Waals surface area contributed by atoms with E-state index in [1.165, 1.54) is 12.1 Å². The third-order valence-corrected chi connectivity index (χ3v) is 3.35. The zero-order valence-electron chi connectivity index (χ0n) is 12.3. The first-order valence-electron chi connectivity index (χ1n) is 6.94. The fourth-order valence-electron chi connectivity index (χ4n) is 2.34. The van der Waals surface area contributed by atoms with Crippen LogP contribution in [0.5, 0.6) is 0 Å². The average molecular weight is 286 g/mol. The van der Waals surface area contributed by atoms with Gasteiger partial charge in [0.05, 0.1) is 5.56 Å². The van der Waals surface area contributed by atoms with Crippen LogP contribution in [0.4, 0.5) is 4.39 Å². The predicted molar refractivity (Wildman–Crippen MR) is 80.5 cm³/mol. The predicted octanol–water partition coefficient (Wildman–Crippen LogP) is 3.17. The van der Waals surface area contributed by atoms with Crippen LogP contribution in [0.3, 0.4) is 0 Å². The third kappa shape index (κ3) is 4.20. The molecule has 0 N–H and O–H groups in total. The molecule has 1 aromatic carbocycles. The van der Waals surface area contributed by atoms with Crippen molar-refractivity contribution >= 4 is 5.78 Å². The summed E-state index contributed by atoms with van der Waals surface area (Å²) in [5, 5.41) is 0. The smallest absolute Gasteiger partial charge is 0.169 e. The Kier molecular flexibility index (Phi) is 5.17. The van der Waals surface area contributed by atoms with Gasteiger partial charge >= 0.3 is 0 Å². The summed E-state index contributed by atoms with van der Waals surface area (Å²) in [5.41, 5.74) is 1.25. The number of hydrogen-bond acceptors (Lipinski definition) is 3. The van der Waals surface area contributed by atoms with E-state index in [1.54, 1.807) is 24.5 Å². The summed E-state index contributed by atoms with van der Waals surface area (Å²) >= 11 is 0. The molecular weight excluding hydrogens is 267 g/mol. The number of hydrogen-bond donors (Lipinski definition) is 0. The lowest BCUT2D eigenvalue weighted by Crippen LogP contribution is -2.29. The van der Waals surface area contributed by atoms with Crippen LogP contribution in [0.2, 0.25) is 0 Å². The topological polar surface area (TPSA) is 33.2 Å². The molecule has 2 aromatic rings. The van der Waals surface area contributed by atoms with Crippen molar-refractivity contribution in [1.82, 2.24) is 9.88 Å². The lowest BCUT2D eigenvalue weighted by Gasteiger charge is -2.20. The molecule has 21 heavy (non-hydrogen) atoms. The van der Waals surface area contributed by atoms with Gasteiger partial charge in [0.15, 0.2) is 5.78 Å². The Morgan fingerprint density at radius 2 is 2.05 bits per heavy atom. The van der Waals surface area contributed by atoms with Gasteiger partial charge in [-0.25, -0.2) is 4.39 Å². The number of aromatic nitrogens is 1. The van der Waals surface area contributed by atoms with Gasteiger partial charge in [0.1, 0.15) is 5.82 Å². The standard InChI is InChI=1S/C17H19FN2O/c1-13(17(21)15-7-3-4-8-16(15)18)11-20(2)12-14-6-5-9-19-10-14/h3-10,13H,11-12H2,1-2H3. The first kappa shape index (κ1) is 15.3. The van der Waals surface area contributed by atoms with E-state index >= 15 is 0 Å². The van der Waals surface area contributed by atoms with Crippen LogP contribution in [-0.2, 0) is 6.54 Å². The summed E-state index contributed by atoms with van der Waals surface area (Å²) in [6.45, 7) is 3.11. The molecule has 0 aliphatic heterocycles. The van der Waals surface area contributed by atoms with Crippen molar-refractivity contribution < 1.29 is 9.18 Å². The minimum Gasteiger partial charge on any atom is -0.301 e. The van der Waals surface area contributed by atoms with Gasteiger partial charge in [-0.1, -0.05) is 25.1 Å². The normalized spacial score (nSPS) is 12.4. The molecule has 3 nitrogen and oxygen atoms in total. The molecule has 1 atom stereocenters. The minimum absolute atomic E-state index is 0.161. The number of nitrogens with zero attached hydrogens (tertiary/aromatic N) is 2. The second-order valence-electron chi connectivity index (χ2n) is 5.30. The van der Waals surface area contributed by atoms with E-state index in [-0.39, 0.29) is 17.3 Å². The molecule has 0 saturated heterocycles. The van der Waals surface area contributed by atoms with Crippen molar-refractivity contribution in [2.24, 2.45) is 5.92 Å². The minimum atomic E-state index is -0.454. The molecule has 1 unspecified atom stereocenters. The number of pyridine rings is 1. The molecule has 1 aromatic heterocycles. The van der Waals surface area contributed by atoms with Crippen LogP contribution in [0.1, 0.15) is 22.8 Å². The Labute approximate surface area is 124 Å². The maximum atomic E-state index is 13.6. The summed E-state index contributed by atoms with van der Waals surface area (Å²) in [6, 6.07) is 10.0. The van der Waals surface area contributed by atoms with Crippen LogP contribution >= 0.6 is 0 Å². The van der Waals surface area contributed by atoms with E-state index in [0.29, 0.717) is 13.1 Å². The summed E-state index contributed by atoms with van der Waals surface area (Å²) in [7, 11) is 1.94. The number of halogens is 1. The van der Waals surface area contributed by atoms with E-state index in [4.69, 9.17) is 0 Å². The maximum absolute atomic E-state index is 13.6. The second kappa shape index (κ2) is 7.09. The first-order chi connectivity index (χ1) is 10.1. The molecule has 0 amide bonds. The number of carbonyl (C=O) groups excluding carboxylic acids is 1. The van der Waals surface area contributed by atoms with Crippen LogP contribution in [0.25, 0.3) is 0 Å². The lowest BCUT2D eigenvalue weighted by molar-refractivity contribution is 0.0897. The Morgan fingerprint density at radius 3 is 2.71 bits per heavy atom. The zero-order valence-corrected chi connectivity index (χ0v) is 12.3. The highest BCUT2D eigenvalue weighted by molar-refractivity contribution is 5.98. The highest BCUT2D eigenvalue weighted by atomic mass is 19.1. The van der Waals surface area contributed by atoms with Crippen molar-refractivity contribution in [3.63, 3.8) is 0 Å². The molecular formula is C17H19FN2O. The lowest BCUT2D eigenvalue weighted by atomic mass is 9.98. The van der Waals surface area contributed by atoms with Crippen LogP contribution in [0.15, 0.2) is 48.8 Å². The third-order valence-electron chi connectivity index (χ3n) is 3.35. The molecule has 0 radical (unpaired) electrons. The SMILES string of the molecule is CC(CN(C)Cc1cccnc1)C(=O)c1ccccc1F. The van der Waals surface area contributed by atoms with Gasteiger partial charge in [-0.15, -0.1) is 0 Å². The van der Waals surface area contributed by atoms with E-state index in [0.717, 1.165) is 5.56 Å². The van der Waals surface area contributed by atoms with Gasteiger partial charge in [-0.2, -0.15) is 0 Å². The van der Waals surface area contributed by atoms with Gasteiger partial charge < -0.3 is 4.90 Å². The van der Waals surface area contributed by atoms with Crippen molar-refractivity contribution in [3.05, 3.63) is 65.7 Å². The summed E-state index contributed by atoms with van der Waals surface area (Å²) in [4.78, 5) is 18.4. The average Bonchev–Trinajstić information content (AvgIpc) is 2.48. The molecule has 0 bridgehead atoms. The Balaban J connectivity index is 1.96. The monoisotopic (exact) mass is 286 g/mol. The highest BCUT2D eigenvalue weighted by Crippen LogP contribution is 2.14. The number of rotatable bonds is 6. The van der Waals surface area contributed by atoms with Crippen LogP contribution < -0.4 is 0 Å². The molecule has 0 aliphatic carbocycles. The van der Waals surface area contributed by atoms with Crippen molar-refractivity contribution in [3.8, 4) is 0 Å². The van der Waals surface area contributed by atoms with E-state index in [9.17, 15) is 9.18 Å². The van der Waals surface area contributed by atoms with Gasteiger partial charge in [-0.3, -0.25) is 9.78 Å². The van der Waals surface area contributed by atoms with Gasteiger partial charge in [-0.05, 0) is 30.8 Å². The number of benzene rings is 1. The molecule has 4 heteroatoms. The van der Waals surface area contributed by atoms with Crippen molar-refractivity contribution in [2.45, 2.75) is 13.5 Å². The molecule has 1 heterocycles. The van der Waals surface area contributed by atoms with Crippen LogP contribution in [0, 0.1) is 11.7 Å². The molecule has 0 fully saturated rings. The molecule has 0 aliphatic rings. The molecule has 0 saturated carbocycles. The van der Waals surface area contributed by atoms with Crippen LogP contribution in [-0.4, -0.2) is 29.3 Å². The molecule has 0 spiro atoms. The van der Waals surface area contributed by atoms with Crippen molar-refractivity contribution in [1.29, 1.82) is 0 Å². The maximum Gasteiger partial charge on any atom is 0.169 e. The number of ketones is 1. The fourth-order valence-corrected chi connectivity index (χ4v) is 2.34.